The average Bonchev–Trinajstić information content (AvgIpc) is 2.98. The molecule has 44 heavy (non-hydrogen) atoms. The van der Waals surface area contributed by atoms with Gasteiger partial charge in [-0.05, 0) is 79.7 Å². The summed E-state index contributed by atoms with van der Waals surface area (Å²) in [5.41, 5.74) is 7.51. The van der Waals surface area contributed by atoms with E-state index in [0.717, 1.165) is 17.8 Å². The zero-order valence-corrected chi connectivity index (χ0v) is 24.7. The number of aromatic nitrogens is 1. The van der Waals surface area contributed by atoms with E-state index in [1.54, 1.807) is 54.7 Å². The minimum absolute atomic E-state index is 0.0224. The van der Waals surface area contributed by atoms with E-state index in [9.17, 15) is 22.8 Å². The van der Waals surface area contributed by atoms with Gasteiger partial charge in [-0.15, -0.1) is 0 Å². The van der Waals surface area contributed by atoms with Gasteiger partial charge in [0.2, 0.25) is 5.91 Å². The molecule has 2 amide bonds. The normalized spacial score (nSPS) is 12.1. The number of carbonyl (C=O) groups excluding carboxylic acids is 2. The molecule has 1 atom stereocenters. The van der Waals surface area contributed by atoms with Crippen molar-refractivity contribution in [2.75, 3.05) is 29.6 Å². The predicted octanol–water partition coefficient (Wildman–Crippen LogP) is 6.00. The van der Waals surface area contributed by atoms with Gasteiger partial charge in [0.1, 0.15) is 11.9 Å². The minimum Gasteiger partial charge on any atom is -0.490 e. The summed E-state index contributed by atoms with van der Waals surface area (Å²) >= 11 is 0. The molecule has 9 nitrogen and oxygen atoms in total. The third-order valence-electron chi connectivity index (χ3n) is 6.69. The number of benzene rings is 3. The molecule has 232 valence electrons. The number of ether oxygens (including phenoxy) is 2. The highest BCUT2D eigenvalue weighted by Gasteiger charge is 2.42. The van der Waals surface area contributed by atoms with E-state index in [2.05, 4.69) is 15.6 Å². The molecule has 1 aromatic heterocycles. The van der Waals surface area contributed by atoms with E-state index in [1.807, 2.05) is 26.8 Å². The lowest BCUT2D eigenvalue weighted by atomic mass is 10.0. The number of pyridine rings is 1. The Morgan fingerprint density at radius 2 is 1.77 bits per heavy atom. The number of nitrogen functional groups attached to an aromatic ring is 1. The Bertz CT molecular complexity index is 1640. The van der Waals surface area contributed by atoms with Gasteiger partial charge < -0.3 is 30.7 Å². The molecule has 0 saturated heterocycles. The third kappa shape index (κ3) is 7.49. The molecule has 0 spiro atoms. The van der Waals surface area contributed by atoms with Crippen LogP contribution in [0.2, 0.25) is 0 Å². The van der Waals surface area contributed by atoms with E-state index < -0.39 is 24.0 Å². The Hall–Kier alpha value is -5.00. The first-order valence-corrected chi connectivity index (χ1v) is 13.9. The summed E-state index contributed by atoms with van der Waals surface area (Å²) in [5.74, 6) is -1.15. The maximum absolute atomic E-state index is 13.8. The Morgan fingerprint density at radius 1 is 1.02 bits per heavy atom. The van der Waals surface area contributed by atoms with E-state index >= 15 is 0 Å². The number of halogens is 3. The number of nitrogens with two attached hydrogens (primary N) is 1. The average molecular weight is 610 g/mol. The Balaban J connectivity index is 1.67. The van der Waals surface area contributed by atoms with E-state index in [0.29, 0.717) is 45.6 Å². The van der Waals surface area contributed by atoms with Gasteiger partial charge in [-0.25, -0.2) is 4.98 Å². The summed E-state index contributed by atoms with van der Waals surface area (Å²) in [5, 5.41) is 7.64. The van der Waals surface area contributed by atoms with Crippen LogP contribution >= 0.6 is 0 Å². The Labute approximate surface area is 253 Å². The van der Waals surface area contributed by atoms with Crippen molar-refractivity contribution in [3.05, 3.63) is 84.1 Å². The van der Waals surface area contributed by atoms with Gasteiger partial charge in [-0.2, -0.15) is 13.2 Å². The van der Waals surface area contributed by atoms with E-state index in [-0.39, 0.29) is 18.3 Å². The number of carbonyl (C=O) groups is 2. The summed E-state index contributed by atoms with van der Waals surface area (Å²) in [7, 11) is 1.04. The fourth-order valence-corrected chi connectivity index (χ4v) is 4.65. The first-order chi connectivity index (χ1) is 20.9. The zero-order chi connectivity index (χ0) is 32.0. The molecule has 4 N–H and O–H groups in total. The largest absolute Gasteiger partial charge is 0.490 e. The monoisotopic (exact) mass is 609 g/mol. The molecule has 0 bridgehead atoms. The van der Waals surface area contributed by atoms with Gasteiger partial charge in [-0.3, -0.25) is 9.59 Å². The number of hydrogen-bond donors (Lipinski definition) is 3. The zero-order valence-electron chi connectivity index (χ0n) is 24.7. The first kappa shape index (κ1) is 31.9. The Morgan fingerprint density at radius 3 is 2.48 bits per heavy atom. The quantitative estimate of drug-likeness (QED) is 0.191. The fraction of sp³-hybridized carbons (Fsp3) is 0.281. The summed E-state index contributed by atoms with van der Waals surface area (Å²) in [6, 6.07) is 17.5. The van der Waals surface area contributed by atoms with Gasteiger partial charge in [-0.1, -0.05) is 24.3 Å². The number of nitrogens with one attached hydrogen (secondary N) is 2. The molecular formula is C32H34F3N5O4. The lowest BCUT2D eigenvalue weighted by Gasteiger charge is -2.24. The second-order valence-corrected chi connectivity index (χ2v) is 10.2. The van der Waals surface area contributed by atoms with Gasteiger partial charge in [0, 0.05) is 36.6 Å². The molecule has 0 radical (unpaired) electrons. The lowest BCUT2D eigenvalue weighted by molar-refractivity contribution is -0.170. The number of para-hydroxylation sites is 1. The number of fused-ring (bicyclic) bond motifs is 1. The molecule has 0 saturated carbocycles. The molecule has 0 aliphatic carbocycles. The standard InChI is InChI=1S/C32H34F3N5O4/c1-5-43-27-17-21(10-13-26(27)44-19(2)3)28(39-23-11-12-24-20(16-23)14-15-37-29(24)36)30(41)38-18-22-8-6-7-9-25(22)40(4)31(42)32(33,34)35/h6-17,19,28,39H,5,18H2,1-4H3,(H2,36,37)(H,38,41). The van der Waals surface area contributed by atoms with Crippen molar-refractivity contribution in [1.29, 1.82) is 0 Å². The minimum atomic E-state index is -5.05. The molecule has 0 aliphatic heterocycles. The molecule has 12 heteroatoms. The highest BCUT2D eigenvalue weighted by Crippen LogP contribution is 2.34. The molecule has 3 aromatic carbocycles. The van der Waals surface area contributed by atoms with Crippen molar-refractivity contribution in [2.24, 2.45) is 0 Å². The van der Waals surface area contributed by atoms with Crippen molar-refractivity contribution >= 4 is 39.8 Å². The van der Waals surface area contributed by atoms with Crippen LogP contribution in [0.25, 0.3) is 10.8 Å². The number of anilines is 3. The maximum atomic E-state index is 13.8. The van der Waals surface area contributed by atoms with Crippen LogP contribution in [0.4, 0.5) is 30.4 Å². The maximum Gasteiger partial charge on any atom is 0.471 e. The number of alkyl halides is 3. The van der Waals surface area contributed by atoms with Crippen molar-refractivity contribution in [2.45, 2.75) is 45.6 Å². The van der Waals surface area contributed by atoms with Crippen LogP contribution in [0.1, 0.15) is 37.9 Å². The fourth-order valence-electron chi connectivity index (χ4n) is 4.65. The second-order valence-electron chi connectivity index (χ2n) is 10.2. The smallest absolute Gasteiger partial charge is 0.471 e. The predicted molar refractivity (Wildman–Crippen MR) is 164 cm³/mol. The molecule has 4 aromatic rings. The molecular weight excluding hydrogens is 575 g/mol. The summed E-state index contributed by atoms with van der Waals surface area (Å²) in [6.45, 7) is 5.84. The molecule has 1 unspecified atom stereocenters. The van der Waals surface area contributed by atoms with Crippen molar-refractivity contribution in [1.82, 2.24) is 10.3 Å². The number of rotatable bonds is 11. The molecule has 1 heterocycles. The van der Waals surface area contributed by atoms with E-state index in [1.165, 1.54) is 12.1 Å². The highest BCUT2D eigenvalue weighted by molar-refractivity contribution is 5.97. The number of amides is 2. The topological polar surface area (TPSA) is 119 Å². The van der Waals surface area contributed by atoms with Crippen molar-refractivity contribution < 1.29 is 32.2 Å². The summed E-state index contributed by atoms with van der Waals surface area (Å²) in [4.78, 5) is 30.4. The van der Waals surface area contributed by atoms with Crippen LogP contribution in [-0.4, -0.2) is 42.7 Å². The van der Waals surface area contributed by atoms with Crippen molar-refractivity contribution in [3.8, 4) is 11.5 Å². The van der Waals surface area contributed by atoms with Crippen LogP contribution < -0.4 is 30.7 Å². The molecule has 0 aliphatic rings. The third-order valence-corrected chi connectivity index (χ3v) is 6.69. The van der Waals surface area contributed by atoms with Crippen LogP contribution in [0.15, 0.2) is 72.9 Å². The molecule has 4 rings (SSSR count). The van der Waals surface area contributed by atoms with Crippen LogP contribution in [0.3, 0.4) is 0 Å². The lowest BCUT2D eigenvalue weighted by Crippen LogP contribution is -2.39. The summed E-state index contributed by atoms with van der Waals surface area (Å²) < 4.78 is 51.1. The Kier molecular flexibility index (Phi) is 9.82. The van der Waals surface area contributed by atoms with Gasteiger partial charge in [0.25, 0.3) is 0 Å². The SMILES string of the molecule is CCOc1cc(C(Nc2ccc3c(N)nccc3c2)C(=O)NCc2ccccc2N(C)C(=O)C(F)(F)F)ccc1OC(C)C. The number of hydrogen-bond acceptors (Lipinski definition) is 7. The first-order valence-electron chi connectivity index (χ1n) is 13.9. The van der Waals surface area contributed by atoms with Crippen LogP contribution in [0.5, 0.6) is 11.5 Å². The van der Waals surface area contributed by atoms with Gasteiger partial charge in [0.05, 0.1) is 12.7 Å². The van der Waals surface area contributed by atoms with Gasteiger partial charge >= 0.3 is 12.1 Å². The second kappa shape index (κ2) is 13.5. The van der Waals surface area contributed by atoms with E-state index in [4.69, 9.17) is 15.2 Å². The van der Waals surface area contributed by atoms with Crippen LogP contribution in [0, 0.1) is 0 Å². The summed E-state index contributed by atoms with van der Waals surface area (Å²) in [6.07, 6.45) is -3.57. The van der Waals surface area contributed by atoms with Crippen LogP contribution in [-0.2, 0) is 16.1 Å². The highest BCUT2D eigenvalue weighted by atomic mass is 19.4. The number of nitrogens with zero attached hydrogens (tertiary/aromatic N) is 2. The van der Waals surface area contributed by atoms with Crippen molar-refractivity contribution in [3.63, 3.8) is 0 Å². The molecule has 0 fully saturated rings. The van der Waals surface area contributed by atoms with Gasteiger partial charge in [0.15, 0.2) is 11.5 Å².